The van der Waals surface area contributed by atoms with Crippen molar-refractivity contribution in [2.45, 2.75) is 25.4 Å². The van der Waals surface area contributed by atoms with Crippen molar-refractivity contribution in [2.75, 3.05) is 40.3 Å². The van der Waals surface area contributed by atoms with E-state index in [4.69, 9.17) is 13.9 Å². The van der Waals surface area contributed by atoms with Crippen LogP contribution in [0.25, 0.3) is 11.0 Å². The molecule has 160 valence electrons. The van der Waals surface area contributed by atoms with Crippen molar-refractivity contribution in [3.63, 3.8) is 0 Å². The second kappa shape index (κ2) is 8.10. The number of piperidine rings is 1. The molecule has 1 spiro atoms. The quantitative estimate of drug-likeness (QED) is 0.543. The van der Waals surface area contributed by atoms with Gasteiger partial charge in [0.05, 0.1) is 5.41 Å². The summed E-state index contributed by atoms with van der Waals surface area (Å²) in [6.45, 7) is 1.64. The van der Waals surface area contributed by atoms with Gasteiger partial charge in [-0.2, -0.15) is 0 Å². The molecule has 8 heteroatoms. The summed E-state index contributed by atoms with van der Waals surface area (Å²) in [5.41, 5.74) is -0.482. The van der Waals surface area contributed by atoms with Crippen LogP contribution in [0.15, 0.2) is 39.5 Å². The van der Waals surface area contributed by atoms with Gasteiger partial charge in [0, 0.05) is 43.6 Å². The first-order valence-corrected chi connectivity index (χ1v) is 10.1. The average Bonchev–Trinajstić information content (AvgIpc) is 3.00. The highest BCUT2D eigenvalue weighted by molar-refractivity contribution is 5.81. The predicted molar refractivity (Wildman–Crippen MR) is 109 cm³/mol. The van der Waals surface area contributed by atoms with Gasteiger partial charge in [0.2, 0.25) is 0 Å². The van der Waals surface area contributed by atoms with E-state index in [1.54, 1.807) is 29.2 Å². The lowest BCUT2D eigenvalue weighted by molar-refractivity contribution is -0.153. The molecule has 2 aliphatic heterocycles. The van der Waals surface area contributed by atoms with Crippen molar-refractivity contribution in [1.29, 1.82) is 0 Å². The minimum absolute atomic E-state index is 0.0777. The fourth-order valence-electron chi connectivity index (χ4n) is 4.31. The molecule has 0 bridgehead atoms. The number of esters is 1. The van der Waals surface area contributed by atoms with Crippen LogP contribution in [0.4, 0.5) is 0 Å². The third kappa shape index (κ3) is 4.18. The SMILES string of the molecule is CN(C)CC1CC2(CCN(C(=O)COc3ccc4ccc(=O)oc4c3)CC2)C(=O)O1. The number of benzene rings is 1. The Kier molecular flexibility index (Phi) is 5.51. The summed E-state index contributed by atoms with van der Waals surface area (Å²) in [4.78, 5) is 40.2. The van der Waals surface area contributed by atoms with E-state index in [1.165, 1.54) is 6.07 Å². The summed E-state index contributed by atoms with van der Waals surface area (Å²) in [6.07, 6.45) is 1.86. The first-order valence-electron chi connectivity index (χ1n) is 10.1. The van der Waals surface area contributed by atoms with Crippen molar-refractivity contribution >= 4 is 22.8 Å². The Morgan fingerprint density at radius 1 is 1.20 bits per heavy atom. The van der Waals surface area contributed by atoms with E-state index in [1.807, 2.05) is 19.0 Å². The third-order valence-electron chi connectivity index (χ3n) is 5.92. The van der Waals surface area contributed by atoms with E-state index in [-0.39, 0.29) is 24.6 Å². The average molecular weight is 414 g/mol. The maximum atomic E-state index is 12.6. The van der Waals surface area contributed by atoms with Crippen LogP contribution in [-0.2, 0) is 14.3 Å². The lowest BCUT2D eigenvalue weighted by atomic mass is 9.76. The standard InChI is InChI=1S/C22H26N2O6/c1-23(2)13-17-12-22(21(27)29-17)7-9-24(10-8-22)19(25)14-28-16-5-3-15-4-6-20(26)30-18(15)11-16/h3-6,11,17H,7-10,12-14H2,1-2H3. The van der Waals surface area contributed by atoms with E-state index in [0.29, 0.717) is 43.7 Å². The summed E-state index contributed by atoms with van der Waals surface area (Å²) in [7, 11) is 3.92. The van der Waals surface area contributed by atoms with Crippen LogP contribution >= 0.6 is 0 Å². The van der Waals surface area contributed by atoms with E-state index < -0.39 is 11.0 Å². The fourth-order valence-corrected chi connectivity index (χ4v) is 4.31. The van der Waals surface area contributed by atoms with Gasteiger partial charge in [0.15, 0.2) is 6.61 Å². The molecule has 30 heavy (non-hydrogen) atoms. The van der Waals surface area contributed by atoms with Crippen molar-refractivity contribution in [3.8, 4) is 5.75 Å². The fraction of sp³-hybridized carbons (Fsp3) is 0.500. The highest BCUT2D eigenvalue weighted by Crippen LogP contribution is 2.43. The maximum Gasteiger partial charge on any atom is 0.336 e. The number of hydrogen-bond acceptors (Lipinski definition) is 7. The molecule has 2 saturated heterocycles. The predicted octanol–water partition coefficient (Wildman–Crippen LogP) is 1.66. The first-order chi connectivity index (χ1) is 14.3. The molecule has 4 rings (SSSR count). The Bertz CT molecular complexity index is 1010. The molecule has 8 nitrogen and oxygen atoms in total. The molecule has 2 fully saturated rings. The number of nitrogens with zero attached hydrogens (tertiary/aromatic N) is 2. The highest BCUT2D eigenvalue weighted by atomic mass is 16.6. The number of likely N-dealkylation sites (tertiary alicyclic amines) is 1. The Morgan fingerprint density at radius 3 is 2.67 bits per heavy atom. The molecular formula is C22H26N2O6. The third-order valence-corrected chi connectivity index (χ3v) is 5.92. The second-order valence-corrected chi connectivity index (χ2v) is 8.40. The number of amides is 1. The zero-order chi connectivity index (χ0) is 21.3. The zero-order valence-corrected chi connectivity index (χ0v) is 17.3. The Morgan fingerprint density at radius 2 is 1.93 bits per heavy atom. The number of ether oxygens (including phenoxy) is 2. The molecular weight excluding hydrogens is 388 g/mol. The molecule has 1 amide bonds. The Balaban J connectivity index is 1.32. The lowest BCUT2D eigenvalue weighted by Gasteiger charge is -2.36. The van der Waals surface area contributed by atoms with Gasteiger partial charge in [-0.25, -0.2) is 4.79 Å². The first kappa shape index (κ1) is 20.4. The summed E-state index contributed by atoms with van der Waals surface area (Å²) >= 11 is 0. The van der Waals surface area contributed by atoms with Gasteiger partial charge in [-0.1, -0.05) is 0 Å². The van der Waals surface area contributed by atoms with Gasteiger partial charge in [-0.3, -0.25) is 9.59 Å². The minimum atomic E-state index is -0.464. The molecule has 1 aromatic heterocycles. The van der Waals surface area contributed by atoms with Crippen LogP contribution in [0.3, 0.4) is 0 Å². The van der Waals surface area contributed by atoms with E-state index in [9.17, 15) is 14.4 Å². The van der Waals surface area contributed by atoms with E-state index >= 15 is 0 Å². The smallest absolute Gasteiger partial charge is 0.336 e. The summed E-state index contributed by atoms with van der Waals surface area (Å²) in [5, 5.41) is 0.783. The largest absolute Gasteiger partial charge is 0.484 e. The van der Waals surface area contributed by atoms with Gasteiger partial charge in [-0.15, -0.1) is 0 Å². The topological polar surface area (TPSA) is 89.3 Å². The van der Waals surface area contributed by atoms with Crippen LogP contribution in [0, 0.1) is 5.41 Å². The van der Waals surface area contributed by atoms with Crippen molar-refractivity contribution in [3.05, 3.63) is 40.8 Å². The molecule has 3 heterocycles. The number of fused-ring (bicyclic) bond motifs is 1. The van der Waals surface area contributed by atoms with Gasteiger partial charge < -0.3 is 23.7 Å². The van der Waals surface area contributed by atoms with Crippen LogP contribution in [0.1, 0.15) is 19.3 Å². The van der Waals surface area contributed by atoms with E-state index in [0.717, 1.165) is 11.9 Å². The van der Waals surface area contributed by atoms with Crippen molar-refractivity contribution in [2.24, 2.45) is 5.41 Å². The van der Waals surface area contributed by atoms with Crippen LogP contribution in [-0.4, -0.2) is 68.1 Å². The zero-order valence-electron chi connectivity index (χ0n) is 17.3. The molecule has 2 aromatic rings. The molecule has 0 saturated carbocycles. The normalized spacial score (nSPS) is 20.7. The van der Waals surface area contributed by atoms with Gasteiger partial charge >= 0.3 is 11.6 Å². The minimum Gasteiger partial charge on any atom is -0.484 e. The molecule has 2 aliphatic rings. The van der Waals surface area contributed by atoms with Crippen molar-refractivity contribution < 1.29 is 23.5 Å². The number of cyclic esters (lactones) is 1. The molecule has 0 radical (unpaired) electrons. The molecule has 0 aliphatic carbocycles. The summed E-state index contributed by atoms with van der Waals surface area (Å²) < 4.78 is 16.3. The number of hydrogen-bond donors (Lipinski definition) is 0. The molecule has 1 unspecified atom stereocenters. The van der Waals surface area contributed by atoms with Gasteiger partial charge in [-0.05, 0) is 45.1 Å². The van der Waals surface area contributed by atoms with Gasteiger partial charge in [0.1, 0.15) is 17.4 Å². The molecule has 1 atom stereocenters. The number of likely N-dealkylation sites (N-methyl/N-ethyl adjacent to an activating group) is 1. The number of carbonyl (C=O) groups excluding carboxylic acids is 2. The van der Waals surface area contributed by atoms with Crippen LogP contribution < -0.4 is 10.4 Å². The second-order valence-electron chi connectivity index (χ2n) is 8.40. The highest BCUT2D eigenvalue weighted by Gasteiger charge is 2.50. The Labute approximate surface area is 174 Å². The molecule has 0 N–H and O–H groups in total. The number of rotatable bonds is 5. The van der Waals surface area contributed by atoms with Crippen molar-refractivity contribution in [1.82, 2.24) is 9.80 Å². The van der Waals surface area contributed by atoms with E-state index in [2.05, 4.69) is 0 Å². The number of carbonyl (C=O) groups is 2. The molecule has 1 aromatic carbocycles. The van der Waals surface area contributed by atoms with Crippen LogP contribution in [0.5, 0.6) is 5.75 Å². The van der Waals surface area contributed by atoms with Gasteiger partial charge in [0.25, 0.3) is 5.91 Å². The summed E-state index contributed by atoms with van der Waals surface area (Å²) in [6, 6.07) is 8.16. The van der Waals surface area contributed by atoms with Crippen LogP contribution in [0.2, 0.25) is 0 Å². The Hall–Kier alpha value is -2.87. The lowest BCUT2D eigenvalue weighted by Crippen LogP contribution is -2.46. The monoisotopic (exact) mass is 414 g/mol. The summed E-state index contributed by atoms with van der Waals surface area (Å²) in [5.74, 6) is 0.204. The maximum absolute atomic E-state index is 12.6.